The van der Waals surface area contributed by atoms with Gasteiger partial charge < -0.3 is 10.1 Å². The number of hydrogen-bond donors (Lipinski definition) is 3. The number of rotatable bonds is 8. The second-order valence-electron chi connectivity index (χ2n) is 6.06. The maximum absolute atomic E-state index is 12.9. The molecular formula is C16H21BrN4O4S. The standard InChI is InChI=1S/C16H21BrN4O4S/c1-10(2)8-12(16(22)19-15-6-7-18-20-15)21-26(23,24)14-9-11(17)4-5-13(14)25-3/h4-7,9-10,12,21H,8H2,1-3H3,(H2,18,19,20,22)/t12-/m1/s1. The molecule has 0 aliphatic heterocycles. The quantitative estimate of drug-likeness (QED) is 0.578. The largest absolute Gasteiger partial charge is 0.495 e. The average molecular weight is 445 g/mol. The van der Waals surface area contributed by atoms with E-state index in [1.165, 1.54) is 19.4 Å². The lowest BCUT2D eigenvalue weighted by Gasteiger charge is -2.20. The zero-order valence-corrected chi connectivity index (χ0v) is 17.0. The van der Waals surface area contributed by atoms with Crippen LogP contribution in [0.1, 0.15) is 20.3 Å². The Morgan fingerprint density at radius 3 is 2.65 bits per heavy atom. The van der Waals surface area contributed by atoms with Crippen LogP contribution in [-0.4, -0.2) is 37.7 Å². The van der Waals surface area contributed by atoms with Crippen molar-refractivity contribution in [3.63, 3.8) is 0 Å². The molecule has 0 unspecified atom stereocenters. The molecule has 0 saturated heterocycles. The van der Waals surface area contributed by atoms with E-state index in [4.69, 9.17) is 4.74 Å². The number of H-pyrrole nitrogens is 1. The molecule has 0 spiro atoms. The number of hydrogen-bond acceptors (Lipinski definition) is 5. The summed E-state index contributed by atoms with van der Waals surface area (Å²) in [6, 6.07) is 5.28. The molecule has 0 fully saturated rings. The Morgan fingerprint density at radius 1 is 1.35 bits per heavy atom. The second kappa shape index (κ2) is 8.65. The van der Waals surface area contributed by atoms with Gasteiger partial charge in [0.2, 0.25) is 15.9 Å². The number of aromatic nitrogens is 2. The van der Waals surface area contributed by atoms with Crippen molar-refractivity contribution in [3.05, 3.63) is 34.9 Å². The molecule has 1 heterocycles. The normalized spacial score (nSPS) is 12.8. The monoisotopic (exact) mass is 444 g/mol. The predicted octanol–water partition coefficient (Wildman–Crippen LogP) is 2.51. The van der Waals surface area contributed by atoms with Crippen molar-refractivity contribution < 1.29 is 17.9 Å². The van der Waals surface area contributed by atoms with Gasteiger partial charge in [0, 0.05) is 10.5 Å². The SMILES string of the molecule is COc1ccc(Br)cc1S(=O)(=O)N[C@H](CC(C)C)C(=O)Nc1ccn[nH]1. The van der Waals surface area contributed by atoms with Gasteiger partial charge in [-0.1, -0.05) is 29.8 Å². The fourth-order valence-corrected chi connectivity index (χ4v) is 4.25. The van der Waals surface area contributed by atoms with E-state index in [1.54, 1.807) is 18.2 Å². The Hall–Kier alpha value is -1.91. The Kier molecular flexibility index (Phi) is 6.79. The van der Waals surface area contributed by atoms with Crippen molar-refractivity contribution in [1.29, 1.82) is 0 Å². The van der Waals surface area contributed by atoms with Crippen molar-refractivity contribution in [2.24, 2.45) is 5.92 Å². The molecule has 1 aromatic heterocycles. The minimum Gasteiger partial charge on any atom is -0.495 e. The van der Waals surface area contributed by atoms with Gasteiger partial charge in [0.05, 0.1) is 13.3 Å². The fraction of sp³-hybridized carbons (Fsp3) is 0.375. The summed E-state index contributed by atoms with van der Waals surface area (Å²) in [5.41, 5.74) is 0. The first-order valence-electron chi connectivity index (χ1n) is 7.89. The van der Waals surface area contributed by atoms with E-state index in [9.17, 15) is 13.2 Å². The first-order chi connectivity index (χ1) is 12.2. The molecule has 0 bridgehead atoms. The minimum absolute atomic E-state index is 0.0440. The molecule has 10 heteroatoms. The van der Waals surface area contributed by atoms with E-state index in [0.29, 0.717) is 16.7 Å². The Morgan fingerprint density at radius 2 is 2.08 bits per heavy atom. The highest BCUT2D eigenvalue weighted by atomic mass is 79.9. The molecular weight excluding hydrogens is 424 g/mol. The number of halogens is 1. The molecule has 1 aromatic carbocycles. The molecule has 2 aromatic rings. The van der Waals surface area contributed by atoms with Gasteiger partial charge in [0.15, 0.2) is 0 Å². The molecule has 3 N–H and O–H groups in total. The summed E-state index contributed by atoms with van der Waals surface area (Å²) in [6.45, 7) is 3.81. The number of aromatic amines is 1. The van der Waals surface area contributed by atoms with Gasteiger partial charge in [-0.2, -0.15) is 9.82 Å². The summed E-state index contributed by atoms with van der Waals surface area (Å²) in [4.78, 5) is 12.5. The zero-order chi connectivity index (χ0) is 19.3. The van der Waals surface area contributed by atoms with Crippen molar-refractivity contribution in [2.45, 2.75) is 31.2 Å². The molecule has 8 nitrogen and oxygen atoms in total. The molecule has 142 valence electrons. The number of ether oxygens (including phenoxy) is 1. The maximum Gasteiger partial charge on any atom is 0.245 e. The van der Waals surface area contributed by atoms with E-state index in [2.05, 4.69) is 36.2 Å². The third-order valence-corrected chi connectivity index (χ3v) is 5.48. The summed E-state index contributed by atoms with van der Waals surface area (Å²) >= 11 is 3.26. The third-order valence-electron chi connectivity index (χ3n) is 3.49. The van der Waals surface area contributed by atoms with Crippen molar-refractivity contribution in [1.82, 2.24) is 14.9 Å². The van der Waals surface area contributed by atoms with Gasteiger partial charge in [0.25, 0.3) is 0 Å². The molecule has 2 rings (SSSR count). The predicted molar refractivity (Wildman–Crippen MR) is 101 cm³/mol. The van der Waals surface area contributed by atoms with Crippen LogP contribution in [0.3, 0.4) is 0 Å². The average Bonchev–Trinajstić information content (AvgIpc) is 3.06. The zero-order valence-electron chi connectivity index (χ0n) is 14.6. The summed E-state index contributed by atoms with van der Waals surface area (Å²) in [5, 5.41) is 8.98. The first-order valence-corrected chi connectivity index (χ1v) is 10.2. The van der Waals surface area contributed by atoms with E-state index in [-0.39, 0.29) is 16.6 Å². The number of methoxy groups -OCH3 is 1. The Labute approximate surface area is 160 Å². The van der Waals surface area contributed by atoms with Gasteiger partial charge in [0.1, 0.15) is 22.5 Å². The van der Waals surface area contributed by atoms with E-state index in [1.807, 2.05) is 13.8 Å². The van der Waals surface area contributed by atoms with Crippen LogP contribution in [-0.2, 0) is 14.8 Å². The highest BCUT2D eigenvalue weighted by molar-refractivity contribution is 9.10. The van der Waals surface area contributed by atoms with Crippen LogP contribution in [0.4, 0.5) is 5.82 Å². The molecule has 1 atom stereocenters. The molecule has 0 radical (unpaired) electrons. The highest BCUT2D eigenvalue weighted by Gasteiger charge is 2.29. The number of amides is 1. The van der Waals surface area contributed by atoms with Crippen LogP contribution in [0.5, 0.6) is 5.75 Å². The third kappa shape index (κ3) is 5.29. The van der Waals surface area contributed by atoms with Gasteiger partial charge in [-0.15, -0.1) is 0 Å². The van der Waals surface area contributed by atoms with Gasteiger partial charge in [-0.05, 0) is 30.5 Å². The van der Waals surface area contributed by atoms with Crippen LogP contribution >= 0.6 is 15.9 Å². The van der Waals surface area contributed by atoms with E-state index >= 15 is 0 Å². The number of sulfonamides is 1. The van der Waals surface area contributed by atoms with Crippen LogP contribution in [0.15, 0.2) is 39.8 Å². The minimum atomic E-state index is -3.99. The number of nitrogens with one attached hydrogen (secondary N) is 3. The fourth-order valence-electron chi connectivity index (χ4n) is 2.34. The maximum atomic E-state index is 12.9. The molecule has 0 aliphatic carbocycles. The molecule has 26 heavy (non-hydrogen) atoms. The summed E-state index contributed by atoms with van der Waals surface area (Å²) < 4.78 is 33.9. The molecule has 1 amide bonds. The van der Waals surface area contributed by atoms with Gasteiger partial charge in [-0.25, -0.2) is 8.42 Å². The van der Waals surface area contributed by atoms with E-state index in [0.717, 1.165) is 0 Å². The number of nitrogens with zero attached hydrogens (tertiary/aromatic N) is 1. The van der Waals surface area contributed by atoms with E-state index < -0.39 is 22.0 Å². The number of carbonyl (C=O) groups is 1. The lowest BCUT2D eigenvalue weighted by Crippen LogP contribution is -2.44. The first kappa shape index (κ1) is 20.4. The summed E-state index contributed by atoms with van der Waals surface area (Å²) in [7, 11) is -2.60. The van der Waals surface area contributed by atoms with Crippen molar-refractivity contribution in [2.75, 3.05) is 12.4 Å². The summed E-state index contributed by atoms with van der Waals surface area (Å²) in [5.74, 6) is 0.209. The lowest BCUT2D eigenvalue weighted by atomic mass is 10.0. The number of carbonyl (C=O) groups excluding carboxylic acids is 1. The van der Waals surface area contributed by atoms with Crippen LogP contribution in [0.2, 0.25) is 0 Å². The molecule has 0 aliphatic rings. The second-order valence-corrected chi connectivity index (χ2v) is 8.66. The summed E-state index contributed by atoms with van der Waals surface area (Å²) in [6.07, 6.45) is 1.82. The van der Waals surface area contributed by atoms with Gasteiger partial charge >= 0.3 is 0 Å². The number of anilines is 1. The highest BCUT2D eigenvalue weighted by Crippen LogP contribution is 2.27. The van der Waals surface area contributed by atoms with Gasteiger partial charge in [-0.3, -0.25) is 9.89 Å². The van der Waals surface area contributed by atoms with Crippen molar-refractivity contribution >= 4 is 37.7 Å². The van der Waals surface area contributed by atoms with Crippen molar-refractivity contribution in [3.8, 4) is 5.75 Å². The van der Waals surface area contributed by atoms with Crippen LogP contribution < -0.4 is 14.8 Å². The Bertz CT molecular complexity index is 853. The topological polar surface area (TPSA) is 113 Å². The smallest absolute Gasteiger partial charge is 0.245 e. The molecule has 0 saturated carbocycles. The van der Waals surface area contributed by atoms with Crippen LogP contribution in [0.25, 0.3) is 0 Å². The Balaban J connectivity index is 2.29. The lowest BCUT2D eigenvalue weighted by molar-refractivity contribution is -0.118. The van der Waals surface area contributed by atoms with Crippen LogP contribution in [0, 0.1) is 5.92 Å². The number of benzene rings is 1.